The lowest BCUT2D eigenvalue weighted by atomic mass is 10.3. The van der Waals surface area contributed by atoms with E-state index in [9.17, 15) is 0 Å². The molecular weight excluding hydrogens is 210 g/mol. The van der Waals surface area contributed by atoms with Crippen molar-refractivity contribution in [3.05, 3.63) is 24.3 Å². The lowest BCUT2D eigenvalue weighted by Crippen LogP contribution is -2.06. The summed E-state index contributed by atoms with van der Waals surface area (Å²) in [5, 5.41) is 0. The molecule has 4 heteroatoms. The number of alkyl halides is 1. The summed E-state index contributed by atoms with van der Waals surface area (Å²) in [6, 6.07) is 2.32. The zero-order chi connectivity index (χ0) is 10.8. The van der Waals surface area contributed by atoms with Crippen LogP contribution in [0, 0.1) is 0 Å². The van der Waals surface area contributed by atoms with Gasteiger partial charge in [0.15, 0.2) is 0 Å². The Kier molecular flexibility index (Phi) is 2.91. The molecular formula is C11H14ClN3. The van der Waals surface area contributed by atoms with Crippen LogP contribution >= 0.6 is 11.6 Å². The zero-order valence-electron chi connectivity index (χ0n) is 8.94. The van der Waals surface area contributed by atoms with Crippen LogP contribution in [0.3, 0.4) is 0 Å². The Hall–Kier alpha value is -1.09. The quantitative estimate of drug-likeness (QED) is 0.750. The highest BCUT2D eigenvalue weighted by Crippen LogP contribution is 2.20. The van der Waals surface area contributed by atoms with Crippen LogP contribution in [-0.2, 0) is 6.42 Å². The van der Waals surface area contributed by atoms with E-state index >= 15 is 0 Å². The van der Waals surface area contributed by atoms with E-state index in [1.807, 2.05) is 12.3 Å². The molecule has 0 saturated carbocycles. The Bertz CT molecular complexity index is 462. The molecule has 15 heavy (non-hydrogen) atoms. The summed E-state index contributed by atoms with van der Waals surface area (Å²) in [5.41, 5.74) is 2.09. The van der Waals surface area contributed by atoms with Gasteiger partial charge in [-0.25, -0.2) is 4.98 Å². The Morgan fingerprint density at radius 1 is 1.47 bits per heavy atom. The number of halogens is 1. The minimum atomic E-state index is 0.386. The first-order chi connectivity index (χ1) is 7.24. The Labute approximate surface area is 94.1 Å². The van der Waals surface area contributed by atoms with Crippen LogP contribution in [0.15, 0.2) is 18.5 Å². The Morgan fingerprint density at radius 2 is 2.27 bits per heavy atom. The van der Waals surface area contributed by atoms with Gasteiger partial charge in [0.25, 0.3) is 0 Å². The summed E-state index contributed by atoms with van der Waals surface area (Å²) >= 11 is 5.77. The van der Waals surface area contributed by atoms with Crippen LogP contribution in [0.1, 0.15) is 25.7 Å². The predicted molar refractivity (Wildman–Crippen MR) is 62.3 cm³/mol. The molecule has 0 fully saturated rings. The first-order valence-corrected chi connectivity index (χ1v) is 5.64. The van der Waals surface area contributed by atoms with E-state index in [-0.39, 0.29) is 0 Å². The standard InChI is InChI=1S/C11H14ClN3/c1-8(2)15-10-7-13-6-4-9(10)14-11(15)3-5-12/h4,6-8H,3,5H2,1-2H3. The average Bonchev–Trinajstić information content (AvgIpc) is 2.56. The van der Waals surface area contributed by atoms with Crippen LogP contribution in [0.5, 0.6) is 0 Å². The van der Waals surface area contributed by atoms with Gasteiger partial charge in [0.2, 0.25) is 0 Å². The van der Waals surface area contributed by atoms with Crippen LogP contribution in [0.2, 0.25) is 0 Å². The van der Waals surface area contributed by atoms with Gasteiger partial charge in [-0.15, -0.1) is 11.6 Å². The van der Waals surface area contributed by atoms with Crippen molar-refractivity contribution in [1.29, 1.82) is 0 Å². The van der Waals surface area contributed by atoms with E-state index in [0.717, 1.165) is 23.3 Å². The monoisotopic (exact) mass is 223 g/mol. The van der Waals surface area contributed by atoms with Crippen molar-refractivity contribution in [3.8, 4) is 0 Å². The third-order valence-electron chi connectivity index (χ3n) is 2.40. The number of nitrogens with zero attached hydrogens (tertiary/aromatic N) is 3. The number of hydrogen-bond acceptors (Lipinski definition) is 2. The van der Waals surface area contributed by atoms with Crippen molar-refractivity contribution in [2.75, 3.05) is 5.88 Å². The summed E-state index contributed by atoms with van der Waals surface area (Å²) in [5.74, 6) is 1.65. The number of hydrogen-bond donors (Lipinski definition) is 0. The Balaban J connectivity index is 2.63. The molecule has 0 amide bonds. The third-order valence-corrected chi connectivity index (χ3v) is 2.59. The normalized spacial score (nSPS) is 11.5. The van der Waals surface area contributed by atoms with Crippen molar-refractivity contribution in [3.63, 3.8) is 0 Å². The molecule has 0 aliphatic rings. The minimum absolute atomic E-state index is 0.386. The molecule has 0 unspecified atom stereocenters. The molecule has 0 aliphatic carbocycles. The van der Waals surface area contributed by atoms with Gasteiger partial charge in [0, 0.05) is 24.5 Å². The lowest BCUT2D eigenvalue weighted by molar-refractivity contribution is 0.588. The summed E-state index contributed by atoms with van der Waals surface area (Å²) in [6.45, 7) is 4.29. The van der Waals surface area contributed by atoms with Gasteiger partial charge >= 0.3 is 0 Å². The second kappa shape index (κ2) is 4.19. The molecule has 2 rings (SSSR count). The molecule has 2 aromatic heterocycles. The largest absolute Gasteiger partial charge is 0.324 e. The molecule has 2 aromatic rings. The van der Waals surface area contributed by atoms with Gasteiger partial charge in [-0.1, -0.05) is 0 Å². The van der Waals surface area contributed by atoms with Gasteiger partial charge in [0.1, 0.15) is 5.82 Å². The first kappa shape index (κ1) is 10.4. The molecule has 2 heterocycles. The fourth-order valence-electron chi connectivity index (χ4n) is 1.83. The van der Waals surface area contributed by atoms with Gasteiger partial charge < -0.3 is 4.57 Å². The van der Waals surface area contributed by atoms with E-state index in [2.05, 4.69) is 28.4 Å². The molecule has 0 aliphatic heterocycles. The maximum atomic E-state index is 5.77. The summed E-state index contributed by atoms with van der Waals surface area (Å²) in [4.78, 5) is 8.70. The second-order valence-electron chi connectivity index (χ2n) is 3.80. The molecule has 0 radical (unpaired) electrons. The van der Waals surface area contributed by atoms with Crippen LogP contribution in [0.25, 0.3) is 11.0 Å². The fraction of sp³-hybridized carbons (Fsp3) is 0.455. The predicted octanol–water partition coefficient (Wildman–Crippen LogP) is 2.79. The highest BCUT2D eigenvalue weighted by molar-refractivity contribution is 6.17. The molecule has 0 N–H and O–H groups in total. The molecule has 0 bridgehead atoms. The third kappa shape index (κ3) is 1.84. The molecule has 0 atom stereocenters. The molecule has 3 nitrogen and oxygen atoms in total. The van der Waals surface area contributed by atoms with E-state index in [0.29, 0.717) is 11.9 Å². The topological polar surface area (TPSA) is 30.7 Å². The van der Waals surface area contributed by atoms with Crippen molar-refractivity contribution >= 4 is 22.6 Å². The second-order valence-corrected chi connectivity index (χ2v) is 4.17. The number of aromatic nitrogens is 3. The van der Waals surface area contributed by atoms with Crippen molar-refractivity contribution in [2.45, 2.75) is 26.3 Å². The molecule has 0 aromatic carbocycles. The van der Waals surface area contributed by atoms with Crippen LogP contribution in [0.4, 0.5) is 0 Å². The maximum absolute atomic E-state index is 5.77. The lowest BCUT2D eigenvalue weighted by Gasteiger charge is -2.11. The molecule has 0 spiro atoms. The Morgan fingerprint density at radius 3 is 2.93 bits per heavy atom. The van der Waals surface area contributed by atoms with Crippen molar-refractivity contribution in [1.82, 2.24) is 14.5 Å². The number of imidazole rings is 1. The van der Waals surface area contributed by atoms with Crippen LogP contribution < -0.4 is 0 Å². The SMILES string of the molecule is CC(C)n1c(CCCl)nc2ccncc21. The van der Waals surface area contributed by atoms with Crippen molar-refractivity contribution < 1.29 is 0 Å². The summed E-state index contributed by atoms with van der Waals surface area (Å²) < 4.78 is 2.20. The van der Waals surface area contributed by atoms with Crippen molar-refractivity contribution in [2.24, 2.45) is 0 Å². The number of aryl methyl sites for hydroxylation is 1. The molecule has 0 saturated heterocycles. The minimum Gasteiger partial charge on any atom is -0.324 e. The van der Waals surface area contributed by atoms with Gasteiger partial charge in [-0.05, 0) is 19.9 Å². The summed E-state index contributed by atoms with van der Waals surface area (Å²) in [7, 11) is 0. The van der Waals surface area contributed by atoms with Gasteiger partial charge in [0.05, 0.1) is 17.2 Å². The van der Waals surface area contributed by atoms with E-state index in [1.165, 1.54) is 0 Å². The number of rotatable bonds is 3. The van der Waals surface area contributed by atoms with Gasteiger partial charge in [-0.3, -0.25) is 4.98 Å². The zero-order valence-corrected chi connectivity index (χ0v) is 9.70. The van der Waals surface area contributed by atoms with Gasteiger partial charge in [-0.2, -0.15) is 0 Å². The fourth-order valence-corrected chi connectivity index (χ4v) is 2.00. The van der Waals surface area contributed by atoms with Crippen LogP contribution in [-0.4, -0.2) is 20.4 Å². The number of pyridine rings is 1. The molecule has 80 valence electrons. The smallest absolute Gasteiger partial charge is 0.111 e. The maximum Gasteiger partial charge on any atom is 0.111 e. The summed E-state index contributed by atoms with van der Waals surface area (Å²) in [6.07, 6.45) is 4.43. The highest BCUT2D eigenvalue weighted by Gasteiger charge is 2.12. The highest BCUT2D eigenvalue weighted by atomic mass is 35.5. The van der Waals surface area contributed by atoms with E-state index < -0.39 is 0 Å². The van der Waals surface area contributed by atoms with E-state index in [1.54, 1.807) is 6.20 Å². The van der Waals surface area contributed by atoms with E-state index in [4.69, 9.17) is 11.6 Å². The first-order valence-electron chi connectivity index (χ1n) is 5.11. The average molecular weight is 224 g/mol. The number of fused-ring (bicyclic) bond motifs is 1.